The first-order chi connectivity index (χ1) is 8.97. The van der Waals surface area contributed by atoms with E-state index in [1.54, 1.807) is 16.9 Å². The van der Waals surface area contributed by atoms with Crippen molar-refractivity contribution in [3.63, 3.8) is 0 Å². The zero-order valence-corrected chi connectivity index (χ0v) is 12.3. The lowest BCUT2D eigenvalue weighted by Gasteiger charge is -2.22. The van der Waals surface area contributed by atoms with Gasteiger partial charge in [-0.3, -0.25) is 4.68 Å². The highest BCUT2D eigenvalue weighted by atomic mass is 79.9. The number of nitrogens with two attached hydrogens (primary N) is 1. The average Bonchev–Trinajstić information content (AvgIpc) is 2.76. The Labute approximate surface area is 119 Å². The van der Waals surface area contributed by atoms with Gasteiger partial charge in [0.25, 0.3) is 0 Å². The Bertz CT molecular complexity index is 571. The molecular weight excluding hydrogens is 313 g/mol. The number of hydrogen-bond donors (Lipinski definition) is 1. The number of halogens is 2. The van der Waals surface area contributed by atoms with Crippen LogP contribution in [0.3, 0.4) is 0 Å². The van der Waals surface area contributed by atoms with Crippen molar-refractivity contribution in [2.24, 2.45) is 12.8 Å². The molecule has 1 aromatic carbocycles. The molecular formula is C13H15BrFN3O. The van der Waals surface area contributed by atoms with E-state index in [2.05, 4.69) is 21.0 Å². The van der Waals surface area contributed by atoms with Crippen LogP contribution in [0.4, 0.5) is 4.39 Å². The molecule has 0 aliphatic rings. The molecule has 2 rings (SSSR count). The van der Waals surface area contributed by atoms with Crippen LogP contribution in [0.15, 0.2) is 35.1 Å². The SMILES string of the molecule is CC(N)C(Oc1cc(F)ccc1Br)c1cnn(C)c1. The predicted octanol–water partition coefficient (Wildman–Crippen LogP) is 2.79. The van der Waals surface area contributed by atoms with Crippen molar-refractivity contribution in [2.75, 3.05) is 0 Å². The molecule has 0 bridgehead atoms. The summed E-state index contributed by atoms with van der Waals surface area (Å²) in [5.74, 6) is 0.0685. The summed E-state index contributed by atoms with van der Waals surface area (Å²) in [6.07, 6.45) is 3.15. The van der Waals surface area contributed by atoms with Crippen LogP contribution in [-0.2, 0) is 7.05 Å². The second-order valence-corrected chi connectivity index (χ2v) is 5.27. The van der Waals surface area contributed by atoms with Gasteiger partial charge in [-0.15, -0.1) is 0 Å². The molecule has 0 fully saturated rings. The molecule has 19 heavy (non-hydrogen) atoms. The number of rotatable bonds is 4. The maximum atomic E-state index is 13.3. The van der Waals surface area contributed by atoms with Crippen molar-refractivity contribution in [1.82, 2.24) is 9.78 Å². The molecule has 2 N–H and O–H groups in total. The lowest BCUT2D eigenvalue weighted by Crippen LogP contribution is -2.28. The zero-order valence-electron chi connectivity index (χ0n) is 10.7. The molecule has 2 atom stereocenters. The van der Waals surface area contributed by atoms with Gasteiger partial charge in [-0.25, -0.2) is 4.39 Å². The fourth-order valence-corrected chi connectivity index (χ4v) is 2.11. The van der Waals surface area contributed by atoms with Crippen molar-refractivity contribution < 1.29 is 9.13 Å². The summed E-state index contributed by atoms with van der Waals surface area (Å²) >= 11 is 3.33. The summed E-state index contributed by atoms with van der Waals surface area (Å²) in [4.78, 5) is 0. The summed E-state index contributed by atoms with van der Waals surface area (Å²) in [6, 6.07) is 4.04. The predicted molar refractivity (Wildman–Crippen MR) is 74.3 cm³/mol. The first kappa shape index (κ1) is 14.0. The number of aromatic nitrogens is 2. The number of nitrogens with zero attached hydrogens (tertiary/aromatic N) is 2. The normalized spacial score (nSPS) is 14.2. The third-order valence-corrected chi connectivity index (χ3v) is 3.33. The number of benzene rings is 1. The van der Waals surface area contributed by atoms with E-state index in [-0.39, 0.29) is 18.0 Å². The molecule has 2 unspecified atom stereocenters. The molecule has 0 amide bonds. The van der Waals surface area contributed by atoms with E-state index >= 15 is 0 Å². The van der Waals surface area contributed by atoms with Crippen molar-refractivity contribution >= 4 is 15.9 Å². The minimum absolute atomic E-state index is 0.251. The Morgan fingerprint density at radius 2 is 2.21 bits per heavy atom. The molecule has 0 aliphatic carbocycles. The Kier molecular flexibility index (Phi) is 4.21. The fraction of sp³-hybridized carbons (Fsp3) is 0.308. The van der Waals surface area contributed by atoms with Crippen molar-refractivity contribution in [3.8, 4) is 5.75 Å². The molecule has 0 spiro atoms. The summed E-state index contributed by atoms with van der Waals surface area (Å²) < 4.78 is 21.4. The van der Waals surface area contributed by atoms with Gasteiger partial charge in [0.2, 0.25) is 0 Å². The first-order valence-electron chi connectivity index (χ1n) is 5.83. The van der Waals surface area contributed by atoms with Gasteiger partial charge < -0.3 is 10.5 Å². The molecule has 102 valence electrons. The third-order valence-electron chi connectivity index (χ3n) is 2.68. The summed E-state index contributed by atoms with van der Waals surface area (Å²) in [5.41, 5.74) is 6.80. The quantitative estimate of drug-likeness (QED) is 0.939. The molecule has 0 aliphatic heterocycles. The monoisotopic (exact) mass is 327 g/mol. The fourth-order valence-electron chi connectivity index (χ4n) is 1.77. The highest BCUT2D eigenvalue weighted by molar-refractivity contribution is 9.10. The Balaban J connectivity index is 2.29. The summed E-state index contributed by atoms with van der Waals surface area (Å²) in [5, 5.41) is 4.10. The largest absolute Gasteiger partial charge is 0.483 e. The standard InChI is InChI=1S/C13H15BrFN3O/c1-8(16)13(9-6-17-18(2)7-9)19-12-5-10(15)3-4-11(12)14/h3-8,13H,16H2,1-2H3. The van der Waals surface area contributed by atoms with Crippen molar-refractivity contribution in [2.45, 2.75) is 19.1 Å². The minimum atomic E-state index is -0.383. The Morgan fingerprint density at radius 3 is 2.79 bits per heavy atom. The van der Waals surface area contributed by atoms with Crippen LogP contribution in [-0.4, -0.2) is 15.8 Å². The van der Waals surface area contributed by atoms with Crippen LogP contribution >= 0.6 is 15.9 Å². The van der Waals surface area contributed by atoms with Gasteiger partial charge in [0.15, 0.2) is 0 Å². The first-order valence-corrected chi connectivity index (χ1v) is 6.62. The van der Waals surface area contributed by atoms with Gasteiger partial charge >= 0.3 is 0 Å². The van der Waals surface area contributed by atoms with E-state index in [1.807, 2.05) is 20.2 Å². The van der Waals surface area contributed by atoms with Crippen LogP contribution in [0.2, 0.25) is 0 Å². The molecule has 1 aromatic heterocycles. The van der Waals surface area contributed by atoms with E-state index in [0.717, 1.165) is 5.56 Å². The topological polar surface area (TPSA) is 53.1 Å². The molecule has 6 heteroatoms. The van der Waals surface area contributed by atoms with Gasteiger partial charge in [-0.05, 0) is 35.0 Å². The molecule has 4 nitrogen and oxygen atoms in total. The smallest absolute Gasteiger partial charge is 0.142 e. The minimum Gasteiger partial charge on any atom is -0.483 e. The third kappa shape index (κ3) is 3.33. The van der Waals surface area contributed by atoms with Gasteiger partial charge in [-0.1, -0.05) is 0 Å². The van der Waals surface area contributed by atoms with Crippen LogP contribution in [0, 0.1) is 5.82 Å². The maximum Gasteiger partial charge on any atom is 0.142 e. The lowest BCUT2D eigenvalue weighted by atomic mass is 10.1. The van der Waals surface area contributed by atoms with E-state index in [4.69, 9.17) is 10.5 Å². The molecule has 0 saturated heterocycles. The average molecular weight is 328 g/mol. The molecule has 1 heterocycles. The molecule has 0 radical (unpaired) electrons. The second-order valence-electron chi connectivity index (χ2n) is 4.42. The molecule has 0 saturated carbocycles. The highest BCUT2D eigenvalue weighted by Gasteiger charge is 2.21. The molecule has 2 aromatic rings. The number of hydrogen-bond acceptors (Lipinski definition) is 3. The van der Waals surface area contributed by atoms with Gasteiger partial charge in [0.1, 0.15) is 17.7 Å². The highest BCUT2D eigenvalue weighted by Crippen LogP contribution is 2.31. The number of ether oxygens (including phenoxy) is 1. The van der Waals surface area contributed by atoms with E-state index in [9.17, 15) is 4.39 Å². The Hall–Kier alpha value is -1.40. The Morgan fingerprint density at radius 1 is 1.47 bits per heavy atom. The van der Waals surface area contributed by atoms with E-state index in [1.165, 1.54) is 12.1 Å². The van der Waals surface area contributed by atoms with Crippen molar-refractivity contribution in [1.29, 1.82) is 0 Å². The summed E-state index contributed by atoms with van der Waals surface area (Å²) in [6.45, 7) is 1.84. The van der Waals surface area contributed by atoms with Gasteiger partial charge in [-0.2, -0.15) is 5.10 Å². The zero-order chi connectivity index (χ0) is 14.0. The van der Waals surface area contributed by atoms with Crippen LogP contribution < -0.4 is 10.5 Å². The lowest BCUT2D eigenvalue weighted by molar-refractivity contribution is 0.178. The van der Waals surface area contributed by atoms with E-state index in [0.29, 0.717) is 10.2 Å². The number of aryl methyl sites for hydroxylation is 1. The van der Waals surface area contributed by atoms with Crippen molar-refractivity contribution in [3.05, 3.63) is 46.4 Å². The maximum absolute atomic E-state index is 13.3. The van der Waals surface area contributed by atoms with E-state index < -0.39 is 0 Å². The second kappa shape index (κ2) is 5.71. The van der Waals surface area contributed by atoms with Crippen LogP contribution in [0.5, 0.6) is 5.75 Å². The summed E-state index contributed by atoms with van der Waals surface area (Å²) in [7, 11) is 1.82. The van der Waals surface area contributed by atoms with Gasteiger partial charge in [0, 0.05) is 30.9 Å². The van der Waals surface area contributed by atoms with Crippen LogP contribution in [0.25, 0.3) is 0 Å². The van der Waals surface area contributed by atoms with Gasteiger partial charge in [0.05, 0.1) is 10.7 Å². The van der Waals surface area contributed by atoms with Crippen LogP contribution in [0.1, 0.15) is 18.6 Å².